The van der Waals surface area contributed by atoms with Gasteiger partial charge in [0.1, 0.15) is 0 Å². The largest absolute Gasteiger partial charge is 0.481 e. The van der Waals surface area contributed by atoms with Crippen LogP contribution in [-0.2, 0) is 17.8 Å². The maximum Gasteiger partial charge on any atom is 0.250 e. The number of ether oxygens (including phenoxy) is 2. The molecule has 2 aromatic rings. The predicted octanol–water partition coefficient (Wildman–Crippen LogP) is 1.51. The van der Waals surface area contributed by atoms with Crippen molar-refractivity contribution in [2.75, 3.05) is 26.1 Å². The van der Waals surface area contributed by atoms with Gasteiger partial charge in [-0.15, -0.1) is 0 Å². The highest BCUT2D eigenvalue weighted by Crippen LogP contribution is 2.09. The third-order valence-corrected chi connectivity index (χ3v) is 3.02. The number of pyridine rings is 2. The average Bonchev–Trinajstić information content (AvgIpc) is 2.53. The first-order valence-electron chi connectivity index (χ1n) is 6.65. The molecule has 2 heterocycles. The van der Waals surface area contributed by atoms with Crippen LogP contribution in [0.1, 0.15) is 5.56 Å². The highest BCUT2D eigenvalue weighted by Gasteiger charge is 2.00. The molecule has 1 N–H and O–H groups in total. The van der Waals surface area contributed by atoms with E-state index in [1.54, 1.807) is 43.3 Å². The van der Waals surface area contributed by atoms with Gasteiger partial charge < -0.3 is 19.4 Å². The molecule has 0 aliphatic carbocycles. The molecule has 112 valence electrons. The number of nitrogens with one attached hydrogen (secondary N) is 1. The van der Waals surface area contributed by atoms with Gasteiger partial charge in [-0.3, -0.25) is 4.79 Å². The van der Waals surface area contributed by atoms with E-state index in [9.17, 15) is 4.79 Å². The van der Waals surface area contributed by atoms with Crippen molar-refractivity contribution in [2.24, 2.45) is 0 Å². The summed E-state index contributed by atoms with van der Waals surface area (Å²) in [4.78, 5) is 15.8. The zero-order valence-corrected chi connectivity index (χ0v) is 12.2. The van der Waals surface area contributed by atoms with Gasteiger partial charge in [0.25, 0.3) is 5.56 Å². The molecule has 0 unspecified atom stereocenters. The summed E-state index contributed by atoms with van der Waals surface area (Å²) >= 11 is 0. The Bertz CT molecular complexity index is 623. The molecular weight excluding hydrogens is 270 g/mol. The molecule has 2 rings (SSSR count). The maximum atomic E-state index is 11.7. The van der Waals surface area contributed by atoms with E-state index < -0.39 is 0 Å². The molecule has 0 amide bonds. The van der Waals surface area contributed by atoms with E-state index in [1.165, 1.54) is 0 Å². The van der Waals surface area contributed by atoms with Crippen molar-refractivity contribution in [3.8, 4) is 5.88 Å². The molecule has 21 heavy (non-hydrogen) atoms. The van der Waals surface area contributed by atoms with Crippen LogP contribution in [0.5, 0.6) is 5.88 Å². The van der Waals surface area contributed by atoms with Gasteiger partial charge in [-0.1, -0.05) is 6.07 Å². The van der Waals surface area contributed by atoms with Crippen LogP contribution >= 0.6 is 0 Å². The lowest BCUT2D eigenvalue weighted by molar-refractivity contribution is 0.186. The molecule has 0 fully saturated rings. The number of hydrogen-bond acceptors (Lipinski definition) is 5. The van der Waals surface area contributed by atoms with E-state index in [4.69, 9.17) is 9.47 Å². The van der Waals surface area contributed by atoms with Crippen molar-refractivity contribution in [3.63, 3.8) is 0 Å². The Hall–Kier alpha value is -2.34. The lowest BCUT2D eigenvalue weighted by atomic mass is 10.3. The monoisotopic (exact) mass is 289 g/mol. The van der Waals surface area contributed by atoms with E-state index in [0.717, 1.165) is 11.3 Å². The second kappa shape index (κ2) is 7.44. The van der Waals surface area contributed by atoms with Gasteiger partial charge in [-0.2, -0.15) is 0 Å². The molecule has 0 aromatic carbocycles. The summed E-state index contributed by atoms with van der Waals surface area (Å²) in [6.07, 6.45) is 3.55. The Balaban J connectivity index is 2.00. The van der Waals surface area contributed by atoms with Gasteiger partial charge in [-0.05, 0) is 11.6 Å². The van der Waals surface area contributed by atoms with E-state index >= 15 is 0 Å². The number of hydrogen-bond donors (Lipinski definition) is 1. The smallest absolute Gasteiger partial charge is 0.250 e. The molecule has 0 aliphatic heterocycles. The number of nitrogens with zero attached hydrogens (tertiary/aromatic N) is 2. The van der Waals surface area contributed by atoms with Crippen LogP contribution in [-0.4, -0.2) is 30.4 Å². The normalized spacial score (nSPS) is 10.4. The predicted molar refractivity (Wildman–Crippen MR) is 80.7 cm³/mol. The molecule has 2 aromatic heterocycles. The van der Waals surface area contributed by atoms with Crippen molar-refractivity contribution < 1.29 is 9.47 Å². The third-order valence-electron chi connectivity index (χ3n) is 3.02. The van der Waals surface area contributed by atoms with E-state index in [0.29, 0.717) is 25.6 Å². The fraction of sp³-hybridized carbons (Fsp3) is 0.333. The highest BCUT2D eigenvalue weighted by molar-refractivity contribution is 5.41. The lowest BCUT2D eigenvalue weighted by Crippen LogP contribution is -2.21. The van der Waals surface area contributed by atoms with Crippen molar-refractivity contribution in [3.05, 3.63) is 52.6 Å². The SMILES string of the molecule is COCCn1cc(NCc2ccc(OC)nc2)ccc1=O. The molecule has 0 radical (unpaired) electrons. The summed E-state index contributed by atoms with van der Waals surface area (Å²) in [6, 6.07) is 7.07. The second-order valence-electron chi connectivity index (χ2n) is 4.50. The zero-order chi connectivity index (χ0) is 15.1. The van der Waals surface area contributed by atoms with Gasteiger partial charge in [0, 0.05) is 44.7 Å². The van der Waals surface area contributed by atoms with Gasteiger partial charge in [0.05, 0.1) is 19.4 Å². The Morgan fingerprint density at radius 1 is 1.24 bits per heavy atom. The quantitative estimate of drug-likeness (QED) is 0.837. The maximum absolute atomic E-state index is 11.7. The van der Waals surface area contributed by atoms with Crippen LogP contribution in [0.25, 0.3) is 0 Å². The third kappa shape index (κ3) is 4.32. The summed E-state index contributed by atoms with van der Waals surface area (Å²) in [5.74, 6) is 0.590. The molecule has 0 saturated carbocycles. The van der Waals surface area contributed by atoms with Gasteiger partial charge in [0.15, 0.2) is 0 Å². The molecule has 0 spiro atoms. The van der Waals surface area contributed by atoms with Gasteiger partial charge >= 0.3 is 0 Å². The van der Waals surface area contributed by atoms with Crippen molar-refractivity contribution in [1.29, 1.82) is 0 Å². The van der Waals surface area contributed by atoms with E-state index in [2.05, 4.69) is 10.3 Å². The molecule has 0 saturated heterocycles. The summed E-state index contributed by atoms with van der Waals surface area (Å²) in [7, 11) is 3.20. The van der Waals surface area contributed by atoms with Gasteiger partial charge in [0.2, 0.25) is 5.88 Å². The number of aromatic nitrogens is 2. The van der Waals surface area contributed by atoms with E-state index in [-0.39, 0.29) is 5.56 Å². The summed E-state index contributed by atoms with van der Waals surface area (Å²) in [5, 5.41) is 3.26. The number of rotatable bonds is 7. The fourth-order valence-corrected chi connectivity index (χ4v) is 1.84. The molecule has 0 bridgehead atoms. The van der Waals surface area contributed by atoms with Crippen LogP contribution in [0.2, 0.25) is 0 Å². The molecular formula is C15H19N3O3. The van der Waals surface area contributed by atoms with Crippen LogP contribution < -0.4 is 15.6 Å². The minimum absolute atomic E-state index is 0.0382. The molecule has 6 nitrogen and oxygen atoms in total. The first-order chi connectivity index (χ1) is 10.2. The van der Waals surface area contributed by atoms with Crippen LogP contribution in [0.15, 0.2) is 41.5 Å². The molecule has 6 heteroatoms. The summed E-state index contributed by atoms with van der Waals surface area (Å²) in [5.41, 5.74) is 1.87. The first-order valence-corrected chi connectivity index (χ1v) is 6.65. The minimum atomic E-state index is -0.0382. The number of methoxy groups -OCH3 is 2. The Morgan fingerprint density at radius 3 is 2.76 bits per heavy atom. The van der Waals surface area contributed by atoms with Crippen molar-refractivity contribution in [1.82, 2.24) is 9.55 Å². The molecule has 0 aliphatic rings. The summed E-state index contributed by atoms with van der Waals surface area (Å²) in [6.45, 7) is 1.67. The van der Waals surface area contributed by atoms with E-state index in [1.807, 2.05) is 12.1 Å². The highest BCUT2D eigenvalue weighted by atomic mass is 16.5. The van der Waals surface area contributed by atoms with Gasteiger partial charge in [-0.25, -0.2) is 4.98 Å². The Kier molecular flexibility index (Phi) is 5.34. The zero-order valence-electron chi connectivity index (χ0n) is 12.2. The first kappa shape index (κ1) is 15.1. The standard InChI is InChI=1S/C15H19N3O3/c1-20-8-7-18-11-13(4-6-15(18)19)16-9-12-3-5-14(21-2)17-10-12/h3-6,10-11,16H,7-9H2,1-2H3. The Morgan fingerprint density at radius 2 is 2.10 bits per heavy atom. The van der Waals surface area contributed by atoms with Crippen LogP contribution in [0, 0.1) is 0 Å². The van der Waals surface area contributed by atoms with Crippen molar-refractivity contribution in [2.45, 2.75) is 13.1 Å². The van der Waals surface area contributed by atoms with Crippen LogP contribution in [0.3, 0.4) is 0 Å². The number of anilines is 1. The fourth-order valence-electron chi connectivity index (χ4n) is 1.84. The minimum Gasteiger partial charge on any atom is -0.481 e. The van der Waals surface area contributed by atoms with Crippen LogP contribution in [0.4, 0.5) is 5.69 Å². The lowest BCUT2D eigenvalue weighted by Gasteiger charge is -2.10. The topological polar surface area (TPSA) is 65.4 Å². The summed E-state index contributed by atoms with van der Waals surface area (Å²) < 4.78 is 11.6. The second-order valence-corrected chi connectivity index (χ2v) is 4.50. The van der Waals surface area contributed by atoms with Crippen molar-refractivity contribution >= 4 is 5.69 Å². The average molecular weight is 289 g/mol. The molecule has 0 atom stereocenters. The Labute approximate surface area is 123 Å².